The van der Waals surface area contributed by atoms with Gasteiger partial charge in [0.05, 0.1) is 6.61 Å². The van der Waals surface area contributed by atoms with E-state index < -0.39 is 10.0 Å². The highest BCUT2D eigenvalue weighted by atomic mass is 32.2. The fourth-order valence-corrected chi connectivity index (χ4v) is 3.55. The fraction of sp³-hybridized carbons (Fsp3) is 0.636. The van der Waals surface area contributed by atoms with E-state index in [1.165, 1.54) is 11.3 Å². The smallest absolute Gasteiger partial charge is 0.250 e. The van der Waals surface area contributed by atoms with E-state index in [0.29, 0.717) is 30.5 Å². The van der Waals surface area contributed by atoms with Crippen LogP contribution in [0.2, 0.25) is 0 Å². The van der Waals surface area contributed by atoms with Crippen LogP contribution in [0.15, 0.2) is 15.7 Å². The van der Waals surface area contributed by atoms with Gasteiger partial charge in [-0.25, -0.2) is 13.1 Å². The van der Waals surface area contributed by atoms with Crippen LogP contribution in [0.3, 0.4) is 0 Å². The molecular formula is C11H20N2O3S2. The summed E-state index contributed by atoms with van der Waals surface area (Å²) in [6.07, 6.45) is 2.07. The fourth-order valence-electron chi connectivity index (χ4n) is 1.27. The lowest BCUT2D eigenvalue weighted by Crippen LogP contribution is -2.27. The quantitative estimate of drug-likeness (QED) is 0.672. The third-order valence-corrected chi connectivity index (χ3v) is 5.26. The molecular weight excluding hydrogens is 272 g/mol. The number of unbranched alkanes of at least 4 members (excludes halogenated alkanes) is 1. The predicted molar refractivity (Wildman–Crippen MR) is 73.1 cm³/mol. The SMILES string of the molecule is CCCCOCCNS(=O)(=O)c1cc(CN)cs1. The maximum atomic E-state index is 11.9. The van der Waals surface area contributed by atoms with Crippen LogP contribution in [0.1, 0.15) is 25.3 Å². The topological polar surface area (TPSA) is 81.4 Å². The van der Waals surface area contributed by atoms with E-state index in [9.17, 15) is 8.42 Å². The van der Waals surface area contributed by atoms with Crippen LogP contribution in [0, 0.1) is 0 Å². The molecule has 0 aliphatic rings. The monoisotopic (exact) mass is 292 g/mol. The van der Waals surface area contributed by atoms with Crippen LogP contribution in [0.25, 0.3) is 0 Å². The third kappa shape index (κ3) is 5.03. The highest BCUT2D eigenvalue weighted by molar-refractivity contribution is 7.91. The van der Waals surface area contributed by atoms with Crippen molar-refractivity contribution in [3.63, 3.8) is 0 Å². The highest BCUT2D eigenvalue weighted by Gasteiger charge is 2.15. The van der Waals surface area contributed by atoms with E-state index in [0.717, 1.165) is 18.4 Å². The second kappa shape index (κ2) is 7.85. The van der Waals surface area contributed by atoms with Crippen molar-refractivity contribution in [1.82, 2.24) is 4.72 Å². The lowest BCUT2D eigenvalue weighted by Gasteiger charge is -2.05. The van der Waals surface area contributed by atoms with Crippen LogP contribution in [0.5, 0.6) is 0 Å². The zero-order chi connectivity index (χ0) is 13.4. The van der Waals surface area contributed by atoms with Gasteiger partial charge in [0.2, 0.25) is 10.0 Å². The van der Waals surface area contributed by atoms with Gasteiger partial charge < -0.3 is 10.5 Å². The molecule has 0 spiro atoms. The molecule has 0 saturated heterocycles. The van der Waals surface area contributed by atoms with Gasteiger partial charge in [0, 0.05) is 19.7 Å². The van der Waals surface area contributed by atoms with Gasteiger partial charge in [-0.2, -0.15) is 0 Å². The van der Waals surface area contributed by atoms with Crippen LogP contribution >= 0.6 is 11.3 Å². The Hall–Kier alpha value is -0.470. The van der Waals surface area contributed by atoms with Crippen molar-refractivity contribution >= 4 is 21.4 Å². The lowest BCUT2D eigenvalue weighted by molar-refractivity contribution is 0.136. The number of nitrogens with one attached hydrogen (secondary N) is 1. The van der Waals surface area contributed by atoms with Gasteiger partial charge in [0.15, 0.2) is 0 Å². The molecule has 104 valence electrons. The van der Waals surface area contributed by atoms with E-state index >= 15 is 0 Å². The highest BCUT2D eigenvalue weighted by Crippen LogP contribution is 2.19. The van der Waals surface area contributed by atoms with Crippen molar-refractivity contribution in [2.24, 2.45) is 5.73 Å². The molecule has 0 aliphatic carbocycles. The average Bonchev–Trinajstić information content (AvgIpc) is 2.83. The van der Waals surface area contributed by atoms with Gasteiger partial charge in [0.25, 0.3) is 0 Å². The molecule has 18 heavy (non-hydrogen) atoms. The number of hydrogen-bond acceptors (Lipinski definition) is 5. The molecule has 0 saturated carbocycles. The molecule has 3 N–H and O–H groups in total. The zero-order valence-electron chi connectivity index (χ0n) is 10.5. The molecule has 1 aromatic heterocycles. The van der Waals surface area contributed by atoms with E-state index in [1.54, 1.807) is 11.4 Å². The molecule has 0 fully saturated rings. The zero-order valence-corrected chi connectivity index (χ0v) is 12.1. The first-order chi connectivity index (χ1) is 8.60. The number of rotatable bonds is 9. The minimum absolute atomic E-state index is 0.294. The summed E-state index contributed by atoms with van der Waals surface area (Å²) in [5.41, 5.74) is 6.28. The molecule has 0 atom stereocenters. The van der Waals surface area contributed by atoms with Gasteiger partial charge in [0.1, 0.15) is 4.21 Å². The molecule has 5 nitrogen and oxygen atoms in total. The standard InChI is InChI=1S/C11H20N2O3S2/c1-2-3-5-16-6-4-13-18(14,15)11-7-10(8-12)9-17-11/h7,9,13H,2-6,8,12H2,1H3. The number of thiophene rings is 1. The summed E-state index contributed by atoms with van der Waals surface area (Å²) in [6.45, 7) is 3.80. The van der Waals surface area contributed by atoms with Crippen LogP contribution < -0.4 is 10.5 Å². The summed E-state index contributed by atoms with van der Waals surface area (Å²) in [7, 11) is -3.41. The molecule has 0 unspecified atom stereocenters. The van der Waals surface area contributed by atoms with E-state index in [4.69, 9.17) is 10.5 Å². The summed E-state index contributed by atoms with van der Waals surface area (Å²) in [5.74, 6) is 0. The maximum absolute atomic E-state index is 11.9. The van der Waals surface area contributed by atoms with Gasteiger partial charge >= 0.3 is 0 Å². The van der Waals surface area contributed by atoms with Crippen LogP contribution in [0.4, 0.5) is 0 Å². The molecule has 1 aromatic rings. The van der Waals surface area contributed by atoms with Crippen LogP contribution in [-0.2, 0) is 21.3 Å². The number of nitrogens with two attached hydrogens (primary N) is 1. The van der Waals surface area contributed by atoms with Crippen molar-refractivity contribution in [3.8, 4) is 0 Å². The largest absolute Gasteiger partial charge is 0.380 e. The molecule has 7 heteroatoms. The Morgan fingerprint density at radius 1 is 1.44 bits per heavy atom. The minimum Gasteiger partial charge on any atom is -0.380 e. The Labute approximate surface area is 112 Å². The third-order valence-electron chi connectivity index (χ3n) is 2.31. The Kier molecular flexibility index (Phi) is 6.80. The molecule has 0 aromatic carbocycles. The van der Waals surface area contributed by atoms with E-state index in [1.807, 2.05) is 0 Å². The van der Waals surface area contributed by atoms with Gasteiger partial charge in [-0.15, -0.1) is 11.3 Å². The molecule has 0 amide bonds. The predicted octanol–water partition coefficient (Wildman–Crippen LogP) is 1.30. The Morgan fingerprint density at radius 2 is 2.22 bits per heavy atom. The average molecular weight is 292 g/mol. The molecule has 1 heterocycles. The van der Waals surface area contributed by atoms with Crippen molar-refractivity contribution in [3.05, 3.63) is 17.0 Å². The first-order valence-electron chi connectivity index (χ1n) is 5.95. The Bertz CT molecular complexity index is 443. The second-order valence-electron chi connectivity index (χ2n) is 3.84. The number of ether oxygens (including phenoxy) is 1. The normalized spacial score (nSPS) is 11.9. The second-order valence-corrected chi connectivity index (χ2v) is 6.75. The van der Waals surface area contributed by atoms with E-state index in [-0.39, 0.29) is 0 Å². The first kappa shape index (κ1) is 15.6. The molecule has 1 rings (SSSR count). The summed E-state index contributed by atoms with van der Waals surface area (Å²) in [4.78, 5) is 0. The maximum Gasteiger partial charge on any atom is 0.250 e. The molecule has 0 aliphatic heterocycles. The Morgan fingerprint density at radius 3 is 2.83 bits per heavy atom. The van der Waals surface area contributed by atoms with Gasteiger partial charge in [-0.3, -0.25) is 0 Å². The summed E-state index contributed by atoms with van der Waals surface area (Å²) >= 11 is 1.18. The van der Waals surface area contributed by atoms with Crippen molar-refractivity contribution in [1.29, 1.82) is 0 Å². The molecule has 0 radical (unpaired) electrons. The van der Waals surface area contributed by atoms with Crippen molar-refractivity contribution in [2.45, 2.75) is 30.5 Å². The van der Waals surface area contributed by atoms with Crippen LogP contribution in [-0.4, -0.2) is 28.2 Å². The number of sulfonamides is 1. The summed E-state index contributed by atoms with van der Waals surface area (Å²) < 4.78 is 31.8. The molecule has 0 bridgehead atoms. The van der Waals surface area contributed by atoms with Crippen molar-refractivity contribution < 1.29 is 13.2 Å². The number of hydrogen-bond donors (Lipinski definition) is 2. The lowest BCUT2D eigenvalue weighted by atomic mass is 10.4. The van der Waals surface area contributed by atoms with Gasteiger partial charge in [-0.1, -0.05) is 13.3 Å². The minimum atomic E-state index is -3.41. The van der Waals surface area contributed by atoms with Gasteiger partial charge in [-0.05, 0) is 23.4 Å². The summed E-state index contributed by atoms with van der Waals surface area (Å²) in [6, 6.07) is 1.60. The first-order valence-corrected chi connectivity index (χ1v) is 8.31. The summed E-state index contributed by atoms with van der Waals surface area (Å²) in [5, 5.41) is 1.76. The van der Waals surface area contributed by atoms with Crippen molar-refractivity contribution in [2.75, 3.05) is 19.8 Å². The Balaban J connectivity index is 2.36. The van der Waals surface area contributed by atoms with E-state index in [2.05, 4.69) is 11.6 Å².